The standard InChI is InChI=1S/C25H30N2O3/c1-18-10-11-20(19(2)16-18)24-17-22(21-8-5-6-9-23(21)26-24)25(28)27(13-15-30-4)12-7-14-29-3/h5-6,8-11,16-17H,7,12-15H2,1-4H3. The smallest absolute Gasteiger partial charge is 0.254 e. The lowest BCUT2D eigenvalue weighted by Crippen LogP contribution is -2.35. The highest BCUT2D eigenvalue weighted by atomic mass is 16.5. The molecule has 0 atom stereocenters. The van der Waals surface area contributed by atoms with Gasteiger partial charge in [-0.3, -0.25) is 4.79 Å². The number of ether oxygens (including phenoxy) is 2. The van der Waals surface area contributed by atoms with Crippen LogP contribution in [0.4, 0.5) is 0 Å². The van der Waals surface area contributed by atoms with Gasteiger partial charge in [0.2, 0.25) is 0 Å². The Morgan fingerprint density at radius 3 is 2.47 bits per heavy atom. The fourth-order valence-corrected chi connectivity index (χ4v) is 3.68. The lowest BCUT2D eigenvalue weighted by Gasteiger charge is -2.23. The Morgan fingerprint density at radius 2 is 1.73 bits per heavy atom. The quantitative estimate of drug-likeness (QED) is 0.486. The van der Waals surface area contributed by atoms with E-state index in [1.54, 1.807) is 14.2 Å². The van der Waals surface area contributed by atoms with Gasteiger partial charge < -0.3 is 14.4 Å². The van der Waals surface area contributed by atoms with Gasteiger partial charge >= 0.3 is 0 Å². The third-order valence-corrected chi connectivity index (χ3v) is 5.23. The van der Waals surface area contributed by atoms with E-state index < -0.39 is 0 Å². The number of hydrogen-bond donors (Lipinski definition) is 0. The highest BCUT2D eigenvalue weighted by molar-refractivity contribution is 6.07. The molecule has 0 saturated carbocycles. The normalized spacial score (nSPS) is 11.1. The summed E-state index contributed by atoms with van der Waals surface area (Å²) >= 11 is 0. The molecular weight excluding hydrogens is 376 g/mol. The Kier molecular flexibility index (Phi) is 7.55. The molecule has 3 aromatic rings. The number of pyridine rings is 1. The van der Waals surface area contributed by atoms with Gasteiger partial charge in [-0.1, -0.05) is 42.0 Å². The lowest BCUT2D eigenvalue weighted by molar-refractivity contribution is 0.0676. The minimum Gasteiger partial charge on any atom is -0.385 e. The van der Waals surface area contributed by atoms with Crippen LogP contribution in [-0.4, -0.2) is 56.3 Å². The number of methoxy groups -OCH3 is 2. The van der Waals surface area contributed by atoms with Crippen LogP contribution in [0.5, 0.6) is 0 Å². The molecule has 0 aliphatic rings. The molecule has 2 aromatic carbocycles. The van der Waals surface area contributed by atoms with Crippen LogP contribution in [0.1, 0.15) is 27.9 Å². The van der Waals surface area contributed by atoms with Gasteiger partial charge in [0.15, 0.2) is 0 Å². The second-order valence-electron chi connectivity index (χ2n) is 7.52. The molecule has 0 spiro atoms. The number of carbonyl (C=O) groups excluding carboxylic acids is 1. The number of nitrogens with zero attached hydrogens (tertiary/aromatic N) is 2. The first-order valence-electron chi connectivity index (χ1n) is 10.3. The van der Waals surface area contributed by atoms with Crippen LogP contribution in [0.3, 0.4) is 0 Å². The summed E-state index contributed by atoms with van der Waals surface area (Å²) in [5.74, 6) is -0.00670. The van der Waals surface area contributed by atoms with Crippen molar-refractivity contribution < 1.29 is 14.3 Å². The molecule has 158 valence electrons. The highest BCUT2D eigenvalue weighted by Crippen LogP contribution is 2.28. The van der Waals surface area contributed by atoms with Crippen LogP contribution >= 0.6 is 0 Å². The number of para-hydroxylation sites is 1. The molecular formula is C25H30N2O3. The van der Waals surface area contributed by atoms with E-state index in [2.05, 4.69) is 32.0 Å². The Morgan fingerprint density at radius 1 is 0.967 bits per heavy atom. The largest absolute Gasteiger partial charge is 0.385 e. The molecule has 30 heavy (non-hydrogen) atoms. The van der Waals surface area contributed by atoms with Gasteiger partial charge in [-0.05, 0) is 38.0 Å². The molecule has 0 fully saturated rings. The molecule has 0 bridgehead atoms. The van der Waals surface area contributed by atoms with Crippen molar-refractivity contribution in [1.29, 1.82) is 0 Å². The van der Waals surface area contributed by atoms with Crippen molar-refractivity contribution in [2.24, 2.45) is 0 Å². The van der Waals surface area contributed by atoms with E-state index in [4.69, 9.17) is 14.5 Å². The second kappa shape index (κ2) is 10.3. The van der Waals surface area contributed by atoms with Crippen LogP contribution < -0.4 is 0 Å². The molecule has 0 saturated heterocycles. The first-order chi connectivity index (χ1) is 14.5. The number of rotatable bonds is 9. The van der Waals surface area contributed by atoms with Gasteiger partial charge in [-0.25, -0.2) is 4.98 Å². The van der Waals surface area contributed by atoms with E-state index in [1.165, 1.54) is 5.56 Å². The van der Waals surface area contributed by atoms with Crippen molar-refractivity contribution in [3.8, 4) is 11.3 Å². The summed E-state index contributed by atoms with van der Waals surface area (Å²) < 4.78 is 10.4. The Balaban J connectivity index is 2.07. The average Bonchev–Trinajstić information content (AvgIpc) is 2.75. The summed E-state index contributed by atoms with van der Waals surface area (Å²) in [5, 5.41) is 0.866. The Labute approximate surface area is 178 Å². The second-order valence-corrected chi connectivity index (χ2v) is 7.52. The highest BCUT2D eigenvalue weighted by Gasteiger charge is 2.20. The first kappa shape index (κ1) is 21.9. The maximum atomic E-state index is 13.6. The zero-order valence-electron chi connectivity index (χ0n) is 18.3. The molecule has 5 nitrogen and oxygen atoms in total. The zero-order valence-corrected chi connectivity index (χ0v) is 18.3. The summed E-state index contributed by atoms with van der Waals surface area (Å²) in [5.41, 5.74) is 5.71. The molecule has 0 N–H and O–H groups in total. The number of benzene rings is 2. The summed E-state index contributed by atoms with van der Waals surface area (Å²) in [4.78, 5) is 20.3. The third kappa shape index (κ3) is 5.04. The molecule has 0 unspecified atom stereocenters. The SMILES string of the molecule is COCCCN(CCOC)C(=O)c1cc(-c2ccc(C)cc2C)nc2ccccc12. The van der Waals surface area contributed by atoms with E-state index in [0.29, 0.717) is 31.9 Å². The van der Waals surface area contributed by atoms with Crippen molar-refractivity contribution in [3.05, 3.63) is 65.2 Å². The summed E-state index contributed by atoms with van der Waals surface area (Å²) in [6.45, 7) is 6.41. The fraction of sp³-hybridized carbons (Fsp3) is 0.360. The van der Waals surface area contributed by atoms with E-state index in [1.807, 2.05) is 35.2 Å². The molecule has 1 heterocycles. The van der Waals surface area contributed by atoms with Crippen LogP contribution in [0.2, 0.25) is 0 Å². The predicted molar refractivity (Wildman–Crippen MR) is 121 cm³/mol. The summed E-state index contributed by atoms with van der Waals surface area (Å²) in [6, 6.07) is 16.1. The molecule has 5 heteroatoms. The number of fused-ring (bicyclic) bond motifs is 1. The van der Waals surface area contributed by atoms with Crippen LogP contribution in [0, 0.1) is 13.8 Å². The molecule has 0 radical (unpaired) electrons. The number of aromatic nitrogens is 1. The number of hydrogen-bond acceptors (Lipinski definition) is 4. The fourth-order valence-electron chi connectivity index (χ4n) is 3.68. The van der Waals surface area contributed by atoms with Crippen LogP contribution in [0.15, 0.2) is 48.5 Å². The van der Waals surface area contributed by atoms with Gasteiger partial charge in [0, 0.05) is 44.9 Å². The van der Waals surface area contributed by atoms with E-state index in [-0.39, 0.29) is 5.91 Å². The average molecular weight is 407 g/mol. The van der Waals surface area contributed by atoms with Gasteiger partial charge in [0.1, 0.15) is 0 Å². The number of amides is 1. The predicted octanol–water partition coefficient (Wildman–Crippen LogP) is 4.64. The Hall–Kier alpha value is -2.76. The minimum absolute atomic E-state index is 0.00670. The minimum atomic E-state index is -0.00670. The van der Waals surface area contributed by atoms with Crippen LogP contribution in [-0.2, 0) is 9.47 Å². The lowest BCUT2D eigenvalue weighted by atomic mass is 9.99. The maximum Gasteiger partial charge on any atom is 0.254 e. The van der Waals surface area contributed by atoms with Gasteiger partial charge in [0.05, 0.1) is 23.4 Å². The summed E-state index contributed by atoms with van der Waals surface area (Å²) in [7, 11) is 3.33. The maximum absolute atomic E-state index is 13.6. The molecule has 1 aromatic heterocycles. The molecule has 0 aliphatic carbocycles. The van der Waals surface area contributed by atoms with E-state index >= 15 is 0 Å². The monoisotopic (exact) mass is 406 g/mol. The third-order valence-electron chi connectivity index (χ3n) is 5.23. The van der Waals surface area contributed by atoms with Crippen molar-refractivity contribution >= 4 is 16.8 Å². The van der Waals surface area contributed by atoms with Crippen molar-refractivity contribution in [3.63, 3.8) is 0 Å². The number of carbonyl (C=O) groups is 1. The van der Waals surface area contributed by atoms with Crippen LogP contribution in [0.25, 0.3) is 22.2 Å². The van der Waals surface area contributed by atoms with Gasteiger partial charge in [0.25, 0.3) is 5.91 Å². The number of aryl methyl sites for hydroxylation is 2. The first-order valence-corrected chi connectivity index (χ1v) is 10.3. The Bertz CT molecular complexity index is 1020. The van der Waals surface area contributed by atoms with Gasteiger partial charge in [-0.15, -0.1) is 0 Å². The molecule has 1 amide bonds. The van der Waals surface area contributed by atoms with E-state index in [0.717, 1.165) is 34.1 Å². The van der Waals surface area contributed by atoms with Gasteiger partial charge in [-0.2, -0.15) is 0 Å². The van der Waals surface area contributed by atoms with E-state index in [9.17, 15) is 4.79 Å². The van der Waals surface area contributed by atoms with Crippen molar-refractivity contribution in [2.45, 2.75) is 20.3 Å². The van der Waals surface area contributed by atoms with Crippen molar-refractivity contribution in [1.82, 2.24) is 9.88 Å². The summed E-state index contributed by atoms with van der Waals surface area (Å²) in [6.07, 6.45) is 0.777. The zero-order chi connectivity index (χ0) is 21.5. The topological polar surface area (TPSA) is 51.7 Å². The van der Waals surface area contributed by atoms with Crippen molar-refractivity contribution in [2.75, 3.05) is 40.5 Å². The molecule has 0 aliphatic heterocycles. The molecule has 3 rings (SSSR count).